The molecule has 12 heteroatoms. The fourth-order valence-corrected chi connectivity index (χ4v) is 2.94. The molecule has 0 aromatic carbocycles. The van der Waals surface area contributed by atoms with Crippen LogP contribution in [0.3, 0.4) is 0 Å². The van der Waals surface area contributed by atoms with Gasteiger partial charge in [-0.2, -0.15) is 0 Å². The first-order valence-corrected chi connectivity index (χ1v) is 9.03. The summed E-state index contributed by atoms with van der Waals surface area (Å²) in [5.74, 6) is -1.56. The summed E-state index contributed by atoms with van der Waals surface area (Å²) in [5, 5.41) is 7.98. The van der Waals surface area contributed by atoms with Crippen molar-refractivity contribution in [2.75, 3.05) is 6.61 Å². The van der Waals surface area contributed by atoms with Crippen LogP contribution in [-0.4, -0.2) is 57.8 Å². The molecule has 1 aliphatic heterocycles. The minimum absolute atomic E-state index is 0.0713. The van der Waals surface area contributed by atoms with Crippen LogP contribution in [0.1, 0.15) is 32.7 Å². The summed E-state index contributed by atoms with van der Waals surface area (Å²) in [6.07, 6.45) is -1.17. The molecule has 2 aromatic rings. The predicted molar refractivity (Wildman–Crippen MR) is 94.7 cm³/mol. The van der Waals surface area contributed by atoms with Gasteiger partial charge in [0, 0.05) is 26.8 Å². The van der Waals surface area contributed by atoms with E-state index in [4.69, 9.17) is 28.1 Å². The summed E-state index contributed by atoms with van der Waals surface area (Å²) in [6.45, 7) is 3.56. The van der Waals surface area contributed by atoms with Crippen molar-refractivity contribution in [3.63, 3.8) is 0 Å². The minimum atomic E-state index is -1.13. The number of rotatable bonds is 7. The van der Waals surface area contributed by atoms with Gasteiger partial charge in [-0.05, 0) is 6.07 Å². The van der Waals surface area contributed by atoms with Crippen molar-refractivity contribution < 1.29 is 42.5 Å². The van der Waals surface area contributed by atoms with Gasteiger partial charge in [-0.25, -0.2) is 4.68 Å². The first kappa shape index (κ1) is 21.3. The van der Waals surface area contributed by atoms with Crippen molar-refractivity contribution in [2.45, 2.75) is 51.9 Å². The van der Waals surface area contributed by atoms with Crippen molar-refractivity contribution >= 4 is 17.9 Å². The molecule has 0 amide bonds. The highest BCUT2D eigenvalue weighted by molar-refractivity contribution is 5.68. The van der Waals surface area contributed by atoms with Crippen molar-refractivity contribution in [3.8, 4) is 5.95 Å². The summed E-state index contributed by atoms with van der Waals surface area (Å²) in [4.78, 5) is 34.7. The van der Waals surface area contributed by atoms with Crippen LogP contribution in [0.25, 0.3) is 0 Å². The van der Waals surface area contributed by atoms with Crippen molar-refractivity contribution in [1.29, 1.82) is 0 Å². The lowest BCUT2D eigenvalue weighted by atomic mass is 10.0. The number of aromatic nitrogens is 3. The summed E-state index contributed by atoms with van der Waals surface area (Å²) in [5.41, 5.74) is 0.447. The van der Waals surface area contributed by atoms with Gasteiger partial charge in [0.15, 0.2) is 24.5 Å². The second kappa shape index (κ2) is 9.39. The zero-order chi connectivity index (χ0) is 21.7. The number of nitrogens with zero attached hydrogens (tertiary/aromatic N) is 3. The van der Waals surface area contributed by atoms with Crippen LogP contribution in [0.5, 0.6) is 5.95 Å². The van der Waals surface area contributed by atoms with Crippen LogP contribution >= 0.6 is 0 Å². The summed E-state index contributed by atoms with van der Waals surface area (Å²) in [7, 11) is 0. The Labute approximate surface area is 171 Å². The van der Waals surface area contributed by atoms with Crippen LogP contribution in [-0.2, 0) is 39.9 Å². The van der Waals surface area contributed by atoms with Gasteiger partial charge in [0.1, 0.15) is 12.3 Å². The molecule has 0 aliphatic carbocycles. The zero-order valence-electron chi connectivity index (χ0n) is 16.5. The SMILES string of the molecule is CC(=O)O[C@@H]1[C@@H](OC(C)=O)[C@H](OC(C)=O)CO[C@H]1n1cc(COc2ccco2)nn1. The first-order valence-electron chi connectivity index (χ1n) is 9.03. The van der Waals surface area contributed by atoms with E-state index >= 15 is 0 Å². The predicted octanol–water partition coefficient (Wildman–Crippen LogP) is 0.774. The molecule has 0 bridgehead atoms. The summed E-state index contributed by atoms with van der Waals surface area (Å²) < 4.78 is 33.4. The second-order valence-electron chi connectivity index (χ2n) is 6.43. The van der Waals surface area contributed by atoms with Gasteiger partial charge in [0.05, 0.1) is 19.1 Å². The van der Waals surface area contributed by atoms with E-state index in [1.54, 1.807) is 12.1 Å². The average Bonchev–Trinajstić information content (AvgIpc) is 3.33. The number of ether oxygens (including phenoxy) is 5. The highest BCUT2D eigenvalue weighted by atomic mass is 16.6. The standard InChI is InChI=1S/C18H21N3O9/c1-10(22)28-14-9-27-18(17(30-12(3)24)16(14)29-11(2)23)21-7-13(19-20-21)8-26-15-5-4-6-25-15/h4-7,14,16-18H,8-9H2,1-3H3/t14-,16+,17-,18-/m1/s1. The lowest BCUT2D eigenvalue weighted by Crippen LogP contribution is -2.55. The molecule has 0 radical (unpaired) electrons. The number of hydrogen-bond acceptors (Lipinski definition) is 11. The lowest BCUT2D eigenvalue weighted by molar-refractivity contribution is -0.241. The molecule has 1 saturated heterocycles. The summed E-state index contributed by atoms with van der Waals surface area (Å²) >= 11 is 0. The summed E-state index contributed by atoms with van der Waals surface area (Å²) in [6, 6.07) is 3.32. The molecular formula is C18H21N3O9. The Bertz CT molecular complexity index is 879. The Hall–Kier alpha value is -3.41. The van der Waals surface area contributed by atoms with Crippen LogP contribution < -0.4 is 4.74 Å². The van der Waals surface area contributed by atoms with Gasteiger partial charge in [0.25, 0.3) is 5.95 Å². The number of carbonyl (C=O) groups excluding carboxylic acids is 3. The molecular weight excluding hydrogens is 402 g/mol. The van der Waals surface area contributed by atoms with Crippen LogP contribution in [0, 0.1) is 0 Å². The van der Waals surface area contributed by atoms with E-state index in [-0.39, 0.29) is 13.2 Å². The molecule has 4 atom stereocenters. The van der Waals surface area contributed by atoms with Crippen molar-refractivity contribution in [1.82, 2.24) is 15.0 Å². The van der Waals surface area contributed by atoms with E-state index < -0.39 is 42.4 Å². The Morgan fingerprint density at radius 1 is 1.10 bits per heavy atom. The highest BCUT2D eigenvalue weighted by Gasteiger charge is 2.48. The fourth-order valence-electron chi connectivity index (χ4n) is 2.94. The lowest BCUT2D eigenvalue weighted by Gasteiger charge is -2.40. The third-order valence-corrected chi connectivity index (χ3v) is 4.00. The van der Waals surface area contributed by atoms with E-state index in [2.05, 4.69) is 10.3 Å². The number of carbonyl (C=O) groups is 3. The molecule has 0 N–H and O–H groups in total. The van der Waals surface area contributed by atoms with Gasteiger partial charge >= 0.3 is 17.9 Å². The smallest absolute Gasteiger partial charge is 0.303 e. The van der Waals surface area contributed by atoms with E-state index in [0.29, 0.717) is 11.6 Å². The molecule has 12 nitrogen and oxygen atoms in total. The fraction of sp³-hybridized carbons (Fsp3) is 0.500. The minimum Gasteiger partial charge on any atom is -0.459 e. The van der Waals surface area contributed by atoms with Crippen molar-refractivity contribution in [2.24, 2.45) is 0 Å². The topological polar surface area (TPSA) is 141 Å². The molecule has 0 saturated carbocycles. The number of esters is 3. The van der Waals surface area contributed by atoms with Crippen LogP contribution in [0.2, 0.25) is 0 Å². The van der Waals surface area contributed by atoms with E-state index in [1.807, 2.05) is 0 Å². The molecule has 3 heterocycles. The van der Waals surface area contributed by atoms with E-state index in [9.17, 15) is 14.4 Å². The molecule has 0 unspecified atom stereocenters. The third-order valence-electron chi connectivity index (χ3n) is 4.00. The maximum absolute atomic E-state index is 11.7. The molecule has 3 rings (SSSR count). The normalized spacial score (nSPS) is 23.4. The largest absolute Gasteiger partial charge is 0.459 e. The van der Waals surface area contributed by atoms with Gasteiger partial charge < -0.3 is 28.1 Å². The Balaban J connectivity index is 1.80. The first-order chi connectivity index (χ1) is 14.3. The maximum Gasteiger partial charge on any atom is 0.303 e. The van der Waals surface area contributed by atoms with Gasteiger partial charge in [-0.3, -0.25) is 14.4 Å². The van der Waals surface area contributed by atoms with Crippen molar-refractivity contribution in [3.05, 3.63) is 30.3 Å². The van der Waals surface area contributed by atoms with Gasteiger partial charge in [0.2, 0.25) is 0 Å². The Kier molecular flexibility index (Phi) is 6.67. The second-order valence-corrected chi connectivity index (χ2v) is 6.43. The van der Waals surface area contributed by atoms with E-state index in [0.717, 1.165) is 0 Å². The molecule has 1 fully saturated rings. The zero-order valence-corrected chi connectivity index (χ0v) is 16.5. The van der Waals surface area contributed by atoms with E-state index in [1.165, 1.54) is 37.9 Å². The maximum atomic E-state index is 11.7. The molecule has 1 aliphatic rings. The molecule has 2 aromatic heterocycles. The average molecular weight is 423 g/mol. The molecule has 0 spiro atoms. The van der Waals surface area contributed by atoms with Gasteiger partial charge in [-0.1, -0.05) is 5.21 Å². The third kappa shape index (κ3) is 5.35. The highest BCUT2D eigenvalue weighted by Crippen LogP contribution is 2.30. The quantitative estimate of drug-likeness (QED) is 0.460. The molecule has 162 valence electrons. The van der Waals surface area contributed by atoms with Gasteiger partial charge in [-0.15, -0.1) is 5.10 Å². The monoisotopic (exact) mass is 423 g/mol. The Morgan fingerprint density at radius 3 is 2.43 bits per heavy atom. The Morgan fingerprint density at radius 2 is 1.80 bits per heavy atom. The van der Waals surface area contributed by atoms with Crippen LogP contribution in [0.4, 0.5) is 0 Å². The molecule has 30 heavy (non-hydrogen) atoms. The van der Waals surface area contributed by atoms with Crippen LogP contribution in [0.15, 0.2) is 29.0 Å². The number of furan rings is 1. The number of hydrogen-bond donors (Lipinski definition) is 0.